The van der Waals surface area contributed by atoms with E-state index < -0.39 is 0 Å². The third-order valence-corrected chi connectivity index (χ3v) is 3.80. The van der Waals surface area contributed by atoms with Crippen LogP contribution >= 0.6 is 0 Å². The number of H-pyrrole nitrogens is 1. The van der Waals surface area contributed by atoms with Crippen LogP contribution in [-0.2, 0) is 14.3 Å². The van der Waals surface area contributed by atoms with Gasteiger partial charge in [0.2, 0.25) is 0 Å². The van der Waals surface area contributed by atoms with Gasteiger partial charge in [0, 0.05) is 25.1 Å². The first-order chi connectivity index (χ1) is 10.2. The molecule has 0 radical (unpaired) electrons. The molecule has 2 heterocycles. The first-order valence-corrected chi connectivity index (χ1v) is 7.20. The highest BCUT2D eigenvalue weighted by atomic mass is 16.5. The van der Waals surface area contributed by atoms with Crippen molar-refractivity contribution < 1.29 is 14.3 Å². The van der Waals surface area contributed by atoms with Gasteiger partial charge >= 0.3 is 5.97 Å². The molecule has 1 aliphatic heterocycles. The fourth-order valence-electron chi connectivity index (χ4n) is 2.50. The van der Waals surface area contributed by atoms with Gasteiger partial charge < -0.3 is 19.4 Å². The molecule has 2 fully saturated rings. The van der Waals surface area contributed by atoms with Gasteiger partial charge in [0.25, 0.3) is 5.56 Å². The summed E-state index contributed by atoms with van der Waals surface area (Å²) in [5, 5.41) is 0. The van der Waals surface area contributed by atoms with Crippen molar-refractivity contribution in [2.24, 2.45) is 0 Å². The summed E-state index contributed by atoms with van der Waals surface area (Å²) in [5.41, 5.74) is -0.127. The lowest BCUT2D eigenvalue weighted by molar-refractivity contribution is -0.144. The lowest BCUT2D eigenvalue weighted by Crippen LogP contribution is -2.44. The van der Waals surface area contributed by atoms with Crippen molar-refractivity contribution in [2.45, 2.75) is 31.3 Å². The molecule has 0 aromatic carbocycles. The Morgan fingerprint density at radius 1 is 1.57 bits per heavy atom. The topological polar surface area (TPSA) is 84.5 Å². The molecule has 3 rings (SSSR count). The zero-order valence-electron chi connectivity index (χ0n) is 12.0. The lowest BCUT2D eigenvalue weighted by Gasteiger charge is -2.33. The number of ether oxygens (including phenoxy) is 2. The number of carbonyl (C=O) groups is 1. The zero-order chi connectivity index (χ0) is 14.8. The Morgan fingerprint density at radius 2 is 2.38 bits per heavy atom. The standard InChI is InChI=1S/C14H19N3O4/c1-20-13(19)6-10-8-17(4-5-21-10)11-7-12(18)16-14(15-11)9-2-3-9/h7,9-10H,2-6,8H2,1H3,(H,15,16,18). The highest BCUT2D eigenvalue weighted by Gasteiger charge is 2.28. The third kappa shape index (κ3) is 3.41. The Kier molecular flexibility index (Phi) is 3.92. The third-order valence-electron chi connectivity index (χ3n) is 3.80. The van der Waals surface area contributed by atoms with E-state index in [9.17, 15) is 9.59 Å². The van der Waals surface area contributed by atoms with E-state index in [0.717, 1.165) is 18.7 Å². The summed E-state index contributed by atoms with van der Waals surface area (Å²) < 4.78 is 10.2. The minimum Gasteiger partial charge on any atom is -0.469 e. The van der Waals surface area contributed by atoms with Gasteiger partial charge in [-0.25, -0.2) is 4.98 Å². The van der Waals surface area contributed by atoms with Crippen molar-refractivity contribution in [3.05, 3.63) is 22.2 Å². The normalized spacial score (nSPS) is 22.1. The molecule has 1 atom stereocenters. The molecule has 0 spiro atoms. The smallest absolute Gasteiger partial charge is 0.308 e. The van der Waals surface area contributed by atoms with Crippen LogP contribution in [0.3, 0.4) is 0 Å². The Bertz CT molecular complexity index is 582. The Labute approximate surface area is 122 Å². The van der Waals surface area contributed by atoms with E-state index in [-0.39, 0.29) is 24.1 Å². The van der Waals surface area contributed by atoms with E-state index in [0.29, 0.717) is 31.4 Å². The number of rotatable bonds is 4. The largest absolute Gasteiger partial charge is 0.469 e. The molecule has 1 unspecified atom stereocenters. The second-order valence-electron chi connectivity index (χ2n) is 5.48. The molecule has 1 aromatic rings. The summed E-state index contributed by atoms with van der Waals surface area (Å²) >= 11 is 0. The van der Waals surface area contributed by atoms with Crippen molar-refractivity contribution in [1.82, 2.24) is 9.97 Å². The van der Waals surface area contributed by atoms with E-state index in [1.54, 1.807) is 0 Å². The number of anilines is 1. The van der Waals surface area contributed by atoms with Crippen LogP contribution in [0, 0.1) is 0 Å². The van der Waals surface area contributed by atoms with Crippen LogP contribution in [0.25, 0.3) is 0 Å². The molecule has 0 amide bonds. The summed E-state index contributed by atoms with van der Waals surface area (Å²) in [6.45, 7) is 1.71. The number of methoxy groups -OCH3 is 1. The fraction of sp³-hybridized carbons (Fsp3) is 0.643. The van der Waals surface area contributed by atoms with Crippen LogP contribution in [0.4, 0.5) is 5.82 Å². The Hall–Kier alpha value is -1.89. The van der Waals surface area contributed by atoms with Gasteiger partial charge in [-0.2, -0.15) is 0 Å². The van der Waals surface area contributed by atoms with Crippen LogP contribution in [0.2, 0.25) is 0 Å². The zero-order valence-corrected chi connectivity index (χ0v) is 12.0. The monoisotopic (exact) mass is 293 g/mol. The van der Waals surface area contributed by atoms with Crippen LogP contribution in [0.15, 0.2) is 10.9 Å². The highest BCUT2D eigenvalue weighted by molar-refractivity contribution is 5.69. The number of hydrogen-bond acceptors (Lipinski definition) is 6. The van der Waals surface area contributed by atoms with Gasteiger partial charge in [0.15, 0.2) is 0 Å². The van der Waals surface area contributed by atoms with E-state index in [1.807, 2.05) is 4.90 Å². The maximum atomic E-state index is 11.8. The van der Waals surface area contributed by atoms with Gasteiger partial charge in [0.05, 0.1) is 26.2 Å². The molecule has 1 saturated carbocycles. The molecule has 114 valence electrons. The van der Waals surface area contributed by atoms with Gasteiger partial charge in [-0.3, -0.25) is 9.59 Å². The van der Waals surface area contributed by atoms with Crippen molar-refractivity contribution in [3.8, 4) is 0 Å². The number of morpholine rings is 1. The van der Waals surface area contributed by atoms with Crippen molar-refractivity contribution in [2.75, 3.05) is 31.7 Å². The molecule has 2 aliphatic rings. The molecule has 1 aliphatic carbocycles. The highest BCUT2D eigenvalue weighted by Crippen LogP contribution is 2.38. The molecule has 1 saturated heterocycles. The number of nitrogens with zero attached hydrogens (tertiary/aromatic N) is 2. The first-order valence-electron chi connectivity index (χ1n) is 7.20. The van der Waals surface area contributed by atoms with Crippen LogP contribution < -0.4 is 10.5 Å². The number of nitrogens with one attached hydrogen (secondary N) is 1. The minimum atomic E-state index is -0.292. The van der Waals surface area contributed by atoms with Crippen molar-refractivity contribution in [1.29, 1.82) is 0 Å². The van der Waals surface area contributed by atoms with Gasteiger partial charge in [-0.05, 0) is 12.8 Å². The van der Waals surface area contributed by atoms with Crippen molar-refractivity contribution >= 4 is 11.8 Å². The first kappa shape index (κ1) is 14.1. The van der Waals surface area contributed by atoms with Crippen LogP contribution in [0.1, 0.15) is 31.0 Å². The van der Waals surface area contributed by atoms with Gasteiger partial charge in [0.1, 0.15) is 11.6 Å². The lowest BCUT2D eigenvalue weighted by atomic mass is 10.2. The molecule has 7 heteroatoms. The van der Waals surface area contributed by atoms with E-state index in [2.05, 4.69) is 14.7 Å². The number of esters is 1. The molecular formula is C14H19N3O4. The quantitative estimate of drug-likeness (QED) is 0.810. The summed E-state index contributed by atoms with van der Waals surface area (Å²) in [5.74, 6) is 1.54. The number of carbonyl (C=O) groups excluding carboxylic acids is 1. The second kappa shape index (κ2) is 5.85. The number of aromatic amines is 1. The molecule has 1 N–H and O–H groups in total. The van der Waals surface area contributed by atoms with Gasteiger partial charge in [-0.1, -0.05) is 0 Å². The number of hydrogen-bond donors (Lipinski definition) is 1. The molecule has 1 aromatic heterocycles. The van der Waals surface area contributed by atoms with Crippen molar-refractivity contribution in [3.63, 3.8) is 0 Å². The summed E-state index contributed by atoms with van der Waals surface area (Å²) in [7, 11) is 1.36. The molecule has 0 bridgehead atoms. The number of aromatic nitrogens is 2. The van der Waals surface area contributed by atoms with Crippen LogP contribution in [-0.4, -0.2) is 48.8 Å². The maximum absolute atomic E-state index is 11.8. The summed E-state index contributed by atoms with van der Waals surface area (Å²) in [6, 6.07) is 1.51. The molecular weight excluding hydrogens is 274 g/mol. The summed E-state index contributed by atoms with van der Waals surface area (Å²) in [6.07, 6.45) is 2.16. The Morgan fingerprint density at radius 3 is 3.10 bits per heavy atom. The molecule has 7 nitrogen and oxygen atoms in total. The summed E-state index contributed by atoms with van der Waals surface area (Å²) in [4.78, 5) is 32.5. The molecule has 21 heavy (non-hydrogen) atoms. The average Bonchev–Trinajstić information content (AvgIpc) is 3.31. The fourth-order valence-corrected chi connectivity index (χ4v) is 2.50. The maximum Gasteiger partial charge on any atom is 0.308 e. The van der Waals surface area contributed by atoms with Gasteiger partial charge in [-0.15, -0.1) is 0 Å². The van der Waals surface area contributed by atoms with E-state index >= 15 is 0 Å². The SMILES string of the molecule is COC(=O)CC1CN(c2cc(=O)[nH]c(C3CC3)n2)CCO1. The van der Waals surface area contributed by atoms with E-state index in [4.69, 9.17) is 4.74 Å². The predicted molar refractivity (Wildman–Crippen MR) is 75.4 cm³/mol. The van der Waals surface area contributed by atoms with Crippen LogP contribution in [0.5, 0.6) is 0 Å². The second-order valence-corrected chi connectivity index (χ2v) is 5.48. The Balaban J connectivity index is 1.73. The predicted octanol–water partition coefficient (Wildman–Crippen LogP) is 0.416. The van der Waals surface area contributed by atoms with E-state index in [1.165, 1.54) is 13.2 Å². The average molecular weight is 293 g/mol. The minimum absolute atomic E-state index is 0.127.